The summed E-state index contributed by atoms with van der Waals surface area (Å²) in [6.07, 6.45) is -16.1. The van der Waals surface area contributed by atoms with E-state index in [2.05, 4.69) is 15.9 Å². The first-order valence-electron chi connectivity index (χ1n) is 7.51. The van der Waals surface area contributed by atoms with Crippen molar-refractivity contribution < 1.29 is 59.9 Å². The lowest BCUT2D eigenvalue weighted by atomic mass is 9.80. The third-order valence-electron chi connectivity index (χ3n) is 4.47. The van der Waals surface area contributed by atoms with Crippen LogP contribution in [0.15, 0.2) is 0 Å². The number of aliphatic hydroxyl groups excluding tert-OH is 8. The van der Waals surface area contributed by atoms with Gasteiger partial charge in [-0.25, -0.2) is 0 Å². The van der Waals surface area contributed by atoms with E-state index < -0.39 is 71.9 Å². The molecule has 13 heteroatoms. The Labute approximate surface area is 155 Å². The van der Waals surface area contributed by atoms with Crippen LogP contribution in [0, 0.1) is 0 Å². The Kier molecular flexibility index (Phi) is 6.44. The Morgan fingerprint density at radius 2 is 1.58 bits per heavy atom. The third-order valence-corrected chi connectivity index (χ3v) is 5.49. The summed E-state index contributed by atoms with van der Waals surface area (Å²) >= 11 is 2.86. The molecule has 2 fully saturated rings. The summed E-state index contributed by atoms with van der Waals surface area (Å²) in [6.45, 7) is -0.149. The second-order valence-electron chi connectivity index (χ2n) is 6.11. The maximum absolute atomic E-state index is 12.4. The van der Waals surface area contributed by atoms with Crippen molar-refractivity contribution in [3.8, 4) is 0 Å². The van der Waals surface area contributed by atoms with Gasteiger partial charge in [0.25, 0.3) is 0 Å². The summed E-state index contributed by atoms with van der Waals surface area (Å²) < 4.78 is 12.8. The topological polar surface area (TPSA) is 207 Å². The van der Waals surface area contributed by atoms with Gasteiger partial charge in [0.1, 0.15) is 30.5 Å². The lowest BCUT2D eigenvalue weighted by Crippen LogP contribution is -2.77. The smallest absolute Gasteiger partial charge is 0.198 e. The van der Waals surface area contributed by atoms with Gasteiger partial charge in [0.15, 0.2) is 34.8 Å². The number of ether oxygens (including phenoxy) is 3. The normalized spacial score (nSPS) is 52.7. The van der Waals surface area contributed by atoms with Crippen molar-refractivity contribution in [1.29, 1.82) is 0 Å². The van der Waals surface area contributed by atoms with Gasteiger partial charge >= 0.3 is 0 Å². The third kappa shape index (κ3) is 3.21. The molecule has 2 saturated heterocycles. The zero-order valence-corrected chi connectivity index (χ0v) is 15.0. The summed E-state index contributed by atoms with van der Waals surface area (Å²) in [5.74, 6) is -1.02. The highest BCUT2D eigenvalue weighted by molar-refractivity contribution is 9.10. The molecule has 26 heavy (non-hydrogen) atoms. The molecule has 2 aliphatic heterocycles. The van der Waals surface area contributed by atoms with Crippen molar-refractivity contribution in [3.05, 3.63) is 0 Å². The van der Waals surface area contributed by atoms with Crippen LogP contribution in [0.2, 0.25) is 0 Å². The van der Waals surface area contributed by atoms with E-state index in [-0.39, 0.29) is 0 Å². The lowest BCUT2D eigenvalue weighted by molar-refractivity contribution is -0.396. The van der Waals surface area contributed by atoms with Gasteiger partial charge in [-0.1, -0.05) is 0 Å². The van der Waals surface area contributed by atoms with E-state index >= 15 is 0 Å². The maximum atomic E-state index is 12.4. The summed E-state index contributed by atoms with van der Waals surface area (Å²) in [7, 11) is 0. The second kappa shape index (κ2) is 7.62. The van der Waals surface area contributed by atoms with E-state index in [1.807, 2.05) is 0 Å². The number of rotatable bonds is 4. The van der Waals surface area contributed by atoms with E-state index in [1.165, 1.54) is 0 Å². The zero-order valence-electron chi connectivity index (χ0n) is 13.4. The highest BCUT2D eigenvalue weighted by Gasteiger charge is 2.69. The fourth-order valence-corrected chi connectivity index (χ4v) is 3.74. The van der Waals surface area contributed by atoms with E-state index in [9.17, 15) is 45.6 Å². The number of Topliss-reactive ketones (excluding diaryl/α,β-unsaturated/α-hetero) is 1. The van der Waals surface area contributed by atoms with Crippen molar-refractivity contribution >= 4 is 21.7 Å². The maximum Gasteiger partial charge on any atom is 0.198 e. The average Bonchev–Trinajstić information content (AvgIpc) is 2.58. The van der Waals surface area contributed by atoms with Crippen LogP contribution in [0.1, 0.15) is 6.92 Å². The van der Waals surface area contributed by atoms with Crippen LogP contribution >= 0.6 is 15.9 Å². The molecule has 0 radical (unpaired) electrons. The highest BCUT2D eigenvalue weighted by atomic mass is 79.9. The van der Waals surface area contributed by atoms with Crippen molar-refractivity contribution in [2.45, 2.75) is 66.4 Å². The van der Waals surface area contributed by atoms with Crippen molar-refractivity contribution in [3.63, 3.8) is 0 Å². The standard InChI is InChI=1S/C13H21BrO12/c1-3(16)13(8(21)7(20)10(23)25-12(13,14)2-15)26-11-6(19)4(17)5(18)9(22)24-11/h4-11,15,17-23H,2H2,1H3/t4-,5-,6+,7+,8-,9-,10+,11-,12-,13+/m0/s1. The summed E-state index contributed by atoms with van der Waals surface area (Å²) in [5.41, 5.74) is -2.65. The fourth-order valence-electron chi connectivity index (χ4n) is 2.94. The van der Waals surface area contributed by atoms with E-state index in [4.69, 9.17) is 14.2 Å². The molecule has 0 spiro atoms. The molecule has 0 aromatic carbocycles. The van der Waals surface area contributed by atoms with Gasteiger partial charge in [-0.15, -0.1) is 0 Å². The average molecular weight is 449 g/mol. The first kappa shape index (κ1) is 22.0. The van der Waals surface area contributed by atoms with E-state index in [0.717, 1.165) is 6.92 Å². The minimum Gasteiger partial charge on any atom is -0.392 e. The Hall–Kier alpha value is -0.290. The Morgan fingerprint density at radius 3 is 2.08 bits per heavy atom. The van der Waals surface area contributed by atoms with Gasteiger partial charge < -0.3 is 55.1 Å². The molecule has 2 aliphatic rings. The minimum absolute atomic E-state index is 0.902. The van der Waals surface area contributed by atoms with Crippen LogP contribution < -0.4 is 0 Å². The quantitative estimate of drug-likeness (QED) is 0.191. The lowest BCUT2D eigenvalue weighted by Gasteiger charge is -2.54. The molecule has 0 aromatic rings. The Balaban J connectivity index is 2.46. The molecule has 0 bridgehead atoms. The number of carbonyl (C=O) groups is 1. The molecule has 0 amide bonds. The molecule has 0 aromatic heterocycles. The largest absolute Gasteiger partial charge is 0.392 e. The number of hydrogen-bond acceptors (Lipinski definition) is 12. The minimum atomic E-state index is -2.65. The molecule has 0 saturated carbocycles. The molecule has 8 N–H and O–H groups in total. The van der Waals surface area contributed by atoms with Crippen LogP contribution in [0.4, 0.5) is 0 Å². The molecule has 10 atom stereocenters. The number of hydrogen-bond donors (Lipinski definition) is 8. The number of alkyl halides is 1. The highest BCUT2D eigenvalue weighted by Crippen LogP contribution is 2.46. The first-order chi connectivity index (χ1) is 11.9. The molecular weight excluding hydrogens is 428 g/mol. The number of ketones is 1. The number of carbonyl (C=O) groups excluding carboxylic acids is 1. The zero-order chi connectivity index (χ0) is 20.0. The van der Waals surface area contributed by atoms with Gasteiger partial charge in [-0.2, -0.15) is 0 Å². The first-order valence-corrected chi connectivity index (χ1v) is 8.30. The van der Waals surface area contributed by atoms with Crippen molar-refractivity contribution in [2.24, 2.45) is 0 Å². The Morgan fingerprint density at radius 1 is 1.00 bits per heavy atom. The van der Waals surface area contributed by atoms with Gasteiger partial charge in [-0.3, -0.25) is 4.79 Å². The molecular formula is C13H21BrO12. The van der Waals surface area contributed by atoms with Crippen molar-refractivity contribution in [1.82, 2.24) is 0 Å². The Bertz CT molecular complexity index is 535. The monoisotopic (exact) mass is 448 g/mol. The fraction of sp³-hybridized carbons (Fsp3) is 0.923. The van der Waals surface area contributed by atoms with Gasteiger partial charge in [0.2, 0.25) is 0 Å². The van der Waals surface area contributed by atoms with E-state index in [1.54, 1.807) is 0 Å². The van der Waals surface area contributed by atoms with E-state index in [0.29, 0.717) is 0 Å². The van der Waals surface area contributed by atoms with Gasteiger partial charge in [0.05, 0.1) is 6.61 Å². The number of halogens is 1. The summed E-state index contributed by atoms with van der Waals surface area (Å²) in [6, 6.07) is 0. The van der Waals surface area contributed by atoms with Crippen LogP contribution in [-0.4, -0.2) is 113 Å². The van der Waals surface area contributed by atoms with Crippen LogP contribution in [0.3, 0.4) is 0 Å². The predicted octanol–water partition coefficient (Wildman–Crippen LogP) is -4.76. The van der Waals surface area contributed by atoms with Gasteiger partial charge in [-0.05, 0) is 22.9 Å². The molecule has 2 heterocycles. The SMILES string of the molecule is CC(=O)[C@@]1(O[C@@H]2O[C@H](O)[C@@H](O)[C@H](O)[C@H]2O)[C@@H](O)[C@@H](O)[C@H](O)O[C@@]1(Br)CO. The predicted molar refractivity (Wildman–Crippen MR) is 81.2 cm³/mol. The van der Waals surface area contributed by atoms with Gasteiger partial charge in [0, 0.05) is 0 Å². The van der Waals surface area contributed by atoms with Crippen molar-refractivity contribution in [2.75, 3.05) is 6.61 Å². The van der Waals surface area contributed by atoms with Crippen LogP contribution in [0.5, 0.6) is 0 Å². The van der Waals surface area contributed by atoms with Crippen LogP contribution in [0.25, 0.3) is 0 Å². The summed E-state index contributed by atoms with van der Waals surface area (Å²) in [4.78, 5) is 12.4. The summed E-state index contributed by atoms with van der Waals surface area (Å²) in [5, 5.41) is 78.4. The molecule has 152 valence electrons. The molecule has 12 nitrogen and oxygen atoms in total. The van der Waals surface area contributed by atoms with Crippen LogP contribution in [-0.2, 0) is 19.0 Å². The number of aliphatic hydroxyl groups is 8. The molecule has 0 unspecified atom stereocenters. The molecule has 2 rings (SSSR count). The second-order valence-corrected chi connectivity index (χ2v) is 7.39. The molecule has 0 aliphatic carbocycles.